The Morgan fingerprint density at radius 2 is 1.95 bits per heavy atom. The van der Waals surface area contributed by atoms with Crippen molar-refractivity contribution < 1.29 is 19.0 Å². The van der Waals surface area contributed by atoms with E-state index in [9.17, 15) is 9.18 Å². The van der Waals surface area contributed by atoms with Crippen molar-refractivity contribution in [3.05, 3.63) is 58.3 Å². The number of hydrogen-bond donors (Lipinski definition) is 2. The lowest BCUT2D eigenvalue weighted by atomic mass is 10.2. The van der Waals surface area contributed by atoms with E-state index in [4.69, 9.17) is 9.84 Å². The number of amides is 1. The topological polar surface area (TPSA) is 58.6 Å². The van der Waals surface area contributed by atoms with Crippen molar-refractivity contribution in [3.63, 3.8) is 0 Å². The second kappa shape index (κ2) is 7.19. The maximum absolute atomic E-state index is 13.0. The molecule has 0 spiro atoms. The molecule has 0 radical (unpaired) electrons. The van der Waals surface area contributed by atoms with Crippen LogP contribution in [0.25, 0.3) is 0 Å². The largest absolute Gasteiger partial charge is 0.483 e. The Morgan fingerprint density at radius 1 is 1.24 bits per heavy atom. The van der Waals surface area contributed by atoms with Gasteiger partial charge in [0.2, 0.25) is 0 Å². The predicted octanol–water partition coefficient (Wildman–Crippen LogP) is 3.10. The molecule has 0 saturated carbocycles. The molecule has 0 unspecified atom stereocenters. The molecule has 1 amide bonds. The van der Waals surface area contributed by atoms with Gasteiger partial charge in [0, 0.05) is 15.7 Å². The fraction of sp³-hybridized carbons (Fsp3) is 0.133. The van der Waals surface area contributed by atoms with Crippen LogP contribution in [0.5, 0.6) is 5.75 Å². The van der Waals surface area contributed by atoms with Gasteiger partial charge in [0.1, 0.15) is 11.6 Å². The summed E-state index contributed by atoms with van der Waals surface area (Å²) < 4.78 is 19.2. The third-order valence-electron chi connectivity index (χ3n) is 2.68. The first-order valence-electron chi connectivity index (χ1n) is 6.16. The zero-order valence-corrected chi connectivity index (χ0v) is 12.6. The molecule has 0 bridgehead atoms. The standard InChI is InChI=1S/C15H13BrFNO3/c16-11-1-4-13(5-2-11)18-15(20)9-21-14-6-3-12(17)7-10(14)8-19/h1-7,19H,8-9H2,(H,18,20). The molecular weight excluding hydrogens is 341 g/mol. The van der Waals surface area contributed by atoms with Crippen LogP contribution in [0.2, 0.25) is 0 Å². The van der Waals surface area contributed by atoms with E-state index in [0.29, 0.717) is 11.3 Å². The summed E-state index contributed by atoms with van der Waals surface area (Å²) in [6.45, 7) is -0.587. The Morgan fingerprint density at radius 3 is 2.62 bits per heavy atom. The average molecular weight is 354 g/mol. The van der Waals surface area contributed by atoms with E-state index in [1.165, 1.54) is 18.2 Å². The van der Waals surface area contributed by atoms with E-state index in [2.05, 4.69) is 21.2 Å². The molecule has 6 heteroatoms. The molecule has 0 aliphatic rings. The van der Waals surface area contributed by atoms with Gasteiger partial charge in [0.05, 0.1) is 6.61 Å². The van der Waals surface area contributed by atoms with Gasteiger partial charge in [-0.15, -0.1) is 0 Å². The number of aliphatic hydroxyl groups is 1. The quantitative estimate of drug-likeness (QED) is 0.868. The van der Waals surface area contributed by atoms with Crippen molar-refractivity contribution >= 4 is 27.5 Å². The molecule has 0 aliphatic carbocycles. The smallest absolute Gasteiger partial charge is 0.262 e. The Labute approximate surface area is 129 Å². The number of aliphatic hydroxyl groups excluding tert-OH is 1. The number of hydrogen-bond acceptors (Lipinski definition) is 3. The summed E-state index contributed by atoms with van der Waals surface area (Å²) in [6.07, 6.45) is 0. The van der Waals surface area contributed by atoms with Gasteiger partial charge in [-0.2, -0.15) is 0 Å². The molecule has 0 aromatic heterocycles. The minimum Gasteiger partial charge on any atom is -0.483 e. The molecule has 0 aliphatic heterocycles. The number of nitrogens with one attached hydrogen (secondary N) is 1. The highest BCUT2D eigenvalue weighted by Crippen LogP contribution is 2.20. The second-order valence-corrected chi connectivity index (χ2v) is 5.17. The van der Waals surface area contributed by atoms with Crippen molar-refractivity contribution in [1.82, 2.24) is 0 Å². The number of rotatable bonds is 5. The van der Waals surface area contributed by atoms with Crippen LogP contribution in [-0.4, -0.2) is 17.6 Å². The third-order valence-corrected chi connectivity index (χ3v) is 3.21. The minimum absolute atomic E-state index is 0.227. The van der Waals surface area contributed by atoms with E-state index in [0.717, 1.165) is 4.47 Å². The van der Waals surface area contributed by atoms with Gasteiger partial charge < -0.3 is 15.2 Å². The van der Waals surface area contributed by atoms with E-state index < -0.39 is 5.82 Å². The highest BCUT2D eigenvalue weighted by atomic mass is 79.9. The fourth-order valence-electron chi connectivity index (χ4n) is 1.69. The molecule has 110 valence electrons. The van der Waals surface area contributed by atoms with Crippen LogP contribution in [0.4, 0.5) is 10.1 Å². The van der Waals surface area contributed by atoms with Crippen LogP contribution >= 0.6 is 15.9 Å². The van der Waals surface area contributed by atoms with Crippen molar-refractivity contribution in [3.8, 4) is 5.75 Å². The zero-order chi connectivity index (χ0) is 15.2. The SMILES string of the molecule is O=C(COc1ccc(F)cc1CO)Nc1ccc(Br)cc1. The van der Waals surface area contributed by atoms with E-state index in [-0.39, 0.29) is 24.9 Å². The van der Waals surface area contributed by atoms with E-state index in [1.807, 2.05) is 0 Å². The molecule has 21 heavy (non-hydrogen) atoms. The van der Waals surface area contributed by atoms with Crippen LogP contribution < -0.4 is 10.1 Å². The molecule has 4 nitrogen and oxygen atoms in total. The van der Waals surface area contributed by atoms with Crippen molar-refractivity contribution in [1.29, 1.82) is 0 Å². The monoisotopic (exact) mass is 353 g/mol. The summed E-state index contributed by atoms with van der Waals surface area (Å²) in [7, 11) is 0. The number of carbonyl (C=O) groups is 1. The molecule has 2 aromatic rings. The molecular formula is C15H13BrFNO3. The minimum atomic E-state index is -0.467. The van der Waals surface area contributed by atoms with Crippen molar-refractivity contribution in [2.45, 2.75) is 6.61 Å². The zero-order valence-electron chi connectivity index (χ0n) is 11.0. The van der Waals surface area contributed by atoms with E-state index in [1.54, 1.807) is 24.3 Å². The van der Waals surface area contributed by atoms with Gasteiger partial charge in [-0.3, -0.25) is 4.79 Å². The Hall–Kier alpha value is -1.92. The third kappa shape index (κ3) is 4.54. The number of carbonyl (C=O) groups excluding carboxylic acids is 1. The summed E-state index contributed by atoms with van der Waals surface area (Å²) in [5, 5.41) is 11.8. The van der Waals surface area contributed by atoms with Gasteiger partial charge in [0.25, 0.3) is 5.91 Å². The van der Waals surface area contributed by atoms with E-state index >= 15 is 0 Å². The lowest BCUT2D eigenvalue weighted by Gasteiger charge is -2.10. The highest BCUT2D eigenvalue weighted by Gasteiger charge is 2.08. The highest BCUT2D eigenvalue weighted by molar-refractivity contribution is 9.10. The van der Waals surface area contributed by atoms with Crippen LogP contribution in [0, 0.1) is 5.82 Å². The Balaban J connectivity index is 1.93. The summed E-state index contributed by atoms with van der Waals surface area (Å²) in [5.74, 6) is -0.527. The first-order valence-corrected chi connectivity index (χ1v) is 6.95. The molecule has 2 aromatic carbocycles. The van der Waals surface area contributed by atoms with Crippen LogP contribution in [0.3, 0.4) is 0 Å². The first kappa shape index (κ1) is 15.5. The molecule has 0 atom stereocenters. The molecule has 0 fully saturated rings. The summed E-state index contributed by atoms with van der Waals surface area (Å²) in [5.41, 5.74) is 0.944. The number of ether oxygens (including phenoxy) is 1. The summed E-state index contributed by atoms with van der Waals surface area (Å²) in [4.78, 5) is 11.8. The van der Waals surface area contributed by atoms with Crippen LogP contribution in [0.15, 0.2) is 46.9 Å². The van der Waals surface area contributed by atoms with Gasteiger partial charge in [0.15, 0.2) is 6.61 Å². The average Bonchev–Trinajstić information content (AvgIpc) is 2.48. The second-order valence-electron chi connectivity index (χ2n) is 4.25. The first-order chi connectivity index (χ1) is 10.1. The van der Waals surface area contributed by atoms with Crippen molar-refractivity contribution in [2.24, 2.45) is 0 Å². The fourth-order valence-corrected chi connectivity index (χ4v) is 1.95. The van der Waals surface area contributed by atoms with Crippen molar-refractivity contribution in [2.75, 3.05) is 11.9 Å². The van der Waals surface area contributed by atoms with Gasteiger partial charge in [-0.25, -0.2) is 4.39 Å². The van der Waals surface area contributed by atoms with Gasteiger partial charge in [-0.1, -0.05) is 15.9 Å². The van der Waals surface area contributed by atoms with Crippen LogP contribution in [-0.2, 0) is 11.4 Å². The van der Waals surface area contributed by atoms with Crippen LogP contribution in [0.1, 0.15) is 5.56 Å². The lowest BCUT2D eigenvalue weighted by Crippen LogP contribution is -2.20. The number of anilines is 1. The van der Waals surface area contributed by atoms with Gasteiger partial charge >= 0.3 is 0 Å². The normalized spacial score (nSPS) is 10.2. The summed E-state index contributed by atoms with van der Waals surface area (Å²) >= 11 is 3.30. The maximum atomic E-state index is 13.0. The van der Waals surface area contributed by atoms with Gasteiger partial charge in [-0.05, 0) is 42.5 Å². The Bertz CT molecular complexity index is 631. The molecule has 0 heterocycles. The number of benzene rings is 2. The summed E-state index contributed by atoms with van der Waals surface area (Å²) in [6, 6.07) is 10.9. The molecule has 0 saturated heterocycles. The maximum Gasteiger partial charge on any atom is 0.262 e. The number of halogens is 2. The molecule has 2 N–H and O–H groups in total. The predicted molar refractivity (Wildman–Crippen MR) is 80.6 cm³/mol. The Kier molecular flexibility index (Phi) is 5.30. The lowest BCUT2D eigenvalue weighted by molar-refractivity contribution is -0.118. The molecule has 2 rings (SSSR count).